The molecule has 0 aliphatic carbocycles. The lowest BCUT2D eigenvalue weighted by molar-refractivity contribution is 0.281. The fourth-order valence-corrected chi connectivity index (χ4v) is 3.26. The number of aromatic nitrogens is 4. The zero-order chi connectivity index (χ0) is 14.7. The molecule has 0 unspecified atom stereocenters. The molecular formula is C14H11BrN4OS. The van der Waals surface area contributed by atoms with E-state index in [4.69, 9.17) is 5.11 Å². The molecule has 0 radical (unpaired) electrons. The number of hydrogen-bond acceptors (Lipinski definition) is 5. The average molecular weight is 363 g/mol. The zero-order valence-electron chi connectivity index (χ0n) is 10.8. The van der Waals surface area contributed by atoms with E-state index in [1.54, 1.807) is 4.68 Å². The smallest absolute Gasteiger partial charge is 0.218 e. The van der Waals surface area contributed by atoms with Gasteiger partial charge in [-0.15, -0.1) is 5.10 Å². The van der Waals surface area contributed by atoms with E-state index in [0.717, 1.165) is 20.6 Å². The van der Waals surface area contributed by atoms with Crippen LogP contribution in [0.25, 0.3) is 5.69 Å². The third-order valence-electron chi connectivity index (χ3n) is 2.82. The van der Waals surface area contributed by atoms with Crippen LogP contribution >= 0.6 is 27.7 Å². The van der Waals surface area contributed by atoms with E-state index < -0.39 is 0 Å². The Labute approximate surface area is 134 Å². The van der Waals surface area contributed by atoms with Gasteiger partial charge >= 0.3 is 0 Å². The van der Waals surface area contributed by atoms with Crippen molar-refractivity contribution in [1.82, 2.24) is 20.2 Å². The van der Waals surface area contributed by atoms with Crippen LogP contribution in [0.3, 0.4) is 0 Å². The van der Waals surface area contributed by atoms with Crippen LogP contribution in [0.1, 0.15) is 5.56 Å². The number of hydrogen-bond donors (Lipinski definition) is 1. The van der Waals surface area contributed by atoms with Gasteiger partial charge in [-0.3, -0.25) is 0 Å². The lowest BCUT2D eigenvalue weighted by Gasteiger charge is -2.06. The van der Waals surface area contributed by atoms with Crippen LogP contribution in [0.2, 0.25) is 0 Å². The highest BCUT2D eigenvalue weighted by Crippen LogP contribution is 2.33. The van der Waals surface area contributed by atoms with Gasteiger partial charge < -0.3 is 5.11 Å². The molecule has 5 nitrogen and oxygen atoms in total. The van der Waals surface area contributed by atoms with Crippen molar-refractivity contribution in [3.8, 4) is 5.69 Å². The van der Waals surface area contributed by atoms with E-state index in [2.05, 4.69) is 31.5 Å². The maximum absolute atomic E-state index is 9.14. The van der Waals surface area contributed by atoms with Gasteiger partial charge in [0.15, 0.2) is 0 Å². The highest BCUT2D eigenvalue weighted by atomic mass is 79.9. The van der Waals surface area contributed by atoms with Crippen molar-refractivity contribution in [2.75, 3.05) is 0 Å². The molecule has 0 atom stereocenters. The third-order valence-corrected chi connectivity index (χ3v) is 4.75. The van der Waals surface area contributed by atoms with E-state index in [9.17, 15) is 0 Å². The van der Waals surface area contributed by atoms with Gasteiger partial charge in [0, 0.05) is 9.37 Å². The average Bonchev–Trinajstić information content (AvgIpc) is 2.98. The van der Waals surface area contributed by atoms with Crippen molar-refractivity contribution in [2.45, 2.75) is 16.7 Å². The molecule has 2 aromatic carbocycles. The minimum absolute atomic E-state index is 0.0191. The topological polar surface area (TPSA) is 63.8 Å². The predicted molar refractivity (Wildman–Crippen MR) is 83.3 cm³/mol. The van der Waals surface area contributed by atoms with Crippen molar-refractivity contribution in [3.05, 3.63) is 58.6 Å². The molecule has 0 aliphatic rings. The monoisotopic (exact) mass is 362 g/mol. The van der Waals surface area contributed by atoms with Gasteiger partial charge in [0.2, 0.25) is 5.16 Å². The number of benzene rings is 2. The Morgan fingerprint density at radius 2 is 1.95 bits per heavy atom. The van der Waals surface area contributed by atoms with Crippen molar-refractivity contribution in [1.29, 1.82) is 0 Å². The Bertz CT molecular complexity index is 748. The lowest BCUT2D eigenvalue weighted by Crippen LogP contribution is -1.98. The van der Waals surface area contributed by atoms with E-state index in [0.29, 0.717) is 5.16 Å². The van der Waals surface area contributed by atoms with Gasteiger partial charge in [-0.05, 0) is 67.9 Å². The van der Waals surface area contributed by atoms with Crippen LogP contribution in [0.4, 0.5) is 0 Å². The van der Waals surface area contributed by atoms with Crippen LogP contribution in [0, 0.1) is 0 Å². The second-order valence-corrected chi connectivity index (χ2v) is 6.10. The molecule has 21 heavy (non-hydrogen) atoms. The van der Waals surface area contributed by atoms with Crippen LogP contribution in [-0.2, 0) is 6.61 Å². The fraction of sp³-hybridized carbons (Fsp3) is 0.0714. The summed E-state index contributed by atoms with van der Waals surface area (Å²) in [5.74, 6) is 0. The number of aliphatic hydroxyl groups is 1. The zero-order valence-corrected chi connectivity index (χ0v) is 13.3. The molecule has 106 valence electrons. The van der Waals surface area contributed by atoms with E-state index in [1.165, 1.54) is 11.8 Å². The summed E-state index contributed by atoms with van der Waals surface area (Å²) in [6.45, 7) is 0.0191. The van der Waals surface area contributed by atoms with Gasteiger partial charge in [0.05, 0.1) is 12.3 Å². The summed E-state index contributed by atoms with van der Waals surface area (Å²) < 4.78 is 2.60. The predicted octanol–water partition coefficient (Wildman–Crippen LogP) is 3.07. The number of halogens is 1. The first kappa shape index (κ1) is 14.2. The molecule has 1 N–H and O–H groups in total. The molecule has 0 fully saturated rings. The number of para-hydroxylation sites is 1. The first-order valence-corrected chi connectivity index (χ1v) is 7.80. The Kier molecular flexibility index (Phi) is 4.33. The first-order chi connectivity index (χ1) is 10.3. The molecule has 3 rings (SSSR count). The lowest BCUT2D eigenvalue weighted by atomic mass is 10.2. The number of rotatable bonds is 4. The maximum atomic E-state index is 9.14. The van der Waals surface area contributed by atoms with E-state index >= 15 is 0 Å². The van der Waals surface area contributed by atoms with Gasteiger partial charge in [0.1, 0.15) is 0 Å². The van der Waals surface area contributed by atoms with Crippen LogP contribution in [0.15, 0.2) is 63.1 Å². The Morgan fingerprint density at radius 1 is 1.14 bits per heavy atom. The number of nitrogens with zero attached hydrogens (tertiary/aromatic N) is 4. The molecule has 1 heterocycles. The van der Waals surface area contributed by atoms with Gasteiger partial charge in [-0.25, -0.2) is 0 Å². The summed E-state index contributed by atoms with van der Waals surface area (Å²) in [5, 5.41) is 21.7. The maximum Gasteiger partial charge on any atom is 0.218 e. The van der Waals surface area contributed by atoms with Crippen molar-refractivity contribution >= 4 is 27.7 Å². The largest absolute Gasteiger partial charge is 0.392 e. The van der Waals surface area contributed by atoms with Crippen molar-refractivity contribution < 1.29 is 5.11 Å². The summed E-state index contributed by atoms with van der Waals surface area (Å²) >= 11 is 4.96. The molecular weight excluding hydrogens is 352 g/mol. The Balaban J connectivity index is 1.92. The highest BCUT2D eigenvalue weighted by Gasteiger charge is 2.12. The third kappa shape index (κ3) is 3.15. The number of tetrazole rings is 1. The molecule has 1 aromatic heterocycles. The minimum atomic E-state index is 0.0191. The van der Waals surface area contributed by atoms with Crippen LogP contribution in [0.5, 0.6) is 0 Å². The second-order valence-electron chi connectivity index (χ2n) is 4.23. The van der Waals surface area contributed by atoms with Crippen LogP contribution in [-0.4, -0.2) is 25.3 Å². The van der Waals surface area contributed by atoms with Gasteiger partial charge in [-0.1, -0.05) is 24.3 Å². The van der Waals surface area contributed by atoms with E-state index in [1.807, 2.05) is 48.5 Å². The molecule has 0 saturated carbocycles. The summed E-state index contributed by atoms with van der Waals surface area (Å²) in [4.78, 5) is 0.985. The summed E-state index contributed by atoms with van der Waals surface area (Å²) in [6.07, 6.45) is 0. The fourth-order valence-electron chi connectivity index (χ4n) is 1.80. The number of aliphatic hydroxyl groups excluding tert-OH is 1. The van der Waals surface area contributed by atoms with E-state index in [-0.39, 0.29) is 6.61 Å². The van der Waals surface area contributed by atoms with Crippen LogP contribution < -0.4 is 0 Å². The normalized spacial score (nSPS) is 10.8. The molecule has 3 aromatic rings. The first-order valence-electron chi connectivity index (χ1n) is 6.19. The molecule has 0 bridgehead atoms. The quantitative estimate of drug-likeness (QED) is 0.772. The summed E-state index contributed by atoms with van der Waals surface area (Å²) in [5.41, 5.74) is 1.77. The van der Waals surface area contributed by atoms with Gasteiger partial charge in [-0.2, -0.15) is 4.68 Å². The Hall–Kier alpha value is -1.70. The van der Waals surface area contributed by atoms with Gasteiger partial charge in [0.25, 0.3) is 0 Å². The summed E-state index contributed by atoms with van der Waals surface area (Å²) in [7, 11) is 0. The molecule has 0 saturated heterocycles. The highest BCUT2D eigenvalue weighted by molar-refractivity contribution is 9.10. The summed E-state index contributed by atoms with van der Waals surface area (Å²) in [6, 6.07) is 15.4. The molecule has 0 aliphatic heterocycles. The molecule has 7 heteroatoms. The molecule has 0 amide bonds. The van der Waals surface area contributed by atoms with Crippen molar-refractivity contribution in [3.63, 3.8) is 0 Å². The standard InChI is InChI=1S/C14H11BrN4OS/c15-12-8-10(9-20)6-7-13(12)21-14-16-17-18-19(14)11-4-2-1-3-5-11/h1-8,20H,9H2. The van der Waals surface area contributed by atoms with Crippen molar-refractivity contribution in [2.24, 2.45) is 0 Å². The minimum Gasteiger partial charge on any atom is -0.392 e. The second kappa shape index (κ2) is 6.38. The SMILES string of the molecule is OCc1ccc(Sc2nnnn2-c2ccccc2)c(Br)c1. The molecule has 0 spiro atoms. The Morgan fingerprint density at radius 3 is 2.67 bits per heavy atom.